The highest BCUT2D eigenvalue weighted by molar-refractivity contribution is 7.80. The van der Waals surface area contributed by atoms with Crippen LogP contribution in [0.4, 0.5) is 11.4 Å². The Morgan fingerprint density at radius 1 is 1.00 bits per heavy atom. The number of hydrogen-bond acceptors (Lipinski definition) is 3. The molecule has 0 fully saturated rings. The highest BCUT2D eigenvalue weighted by Crippen LogP contribution is 2.21. The van der Waals surface area contributed by atoms with Gasteiger partial charge in [0.1, 0.15) is 0 Å². The molecule has 0 saturated carbocycles. The van der Waals surface area contributed by atoms with E-state index >= 15 is 0 Å². The molecule has 0 aliphatic heterocycles. The molecule has 158 valence electrons. The van der Waals surface area contributed by atoms with Crippen LogP contribution >= 0.6 is 23.8 Å². The Labute approximate surface area is 191 Å². The van der Waals surface area contributed by atoms with E-state index in [0.717, 1.165) is 28.3 Å². The second-order valence-electron chi connectivity index (χ2n) is 7.32. The van der Waals surface area contributed by atoms with Gasteiger partial charge in [0.15, 0.2) is 5.11 Å². The summed E-state index contributed by atoms with van der Waals surface area (Å²) in [5.74, 6) is 0. The van der Waals surface area contributed by atoms with Crippen molar-refractivity contribution in [3.63, 3.8) is 0 Å². The first kappa shape index (κ1) is 21.1. The smallest absolute Gasteiger partial charge is 0.175 e. The van der Waals surface area contributed by atoms with Gasteiger partial charge in [-0.2, -0.15) is 10.2 Å². The van der Waals surface area contributed by atoms with Gasteiger partial charge in [-0.25, -0.2) is 0 Å². The predicted molar refractivity (Wildman–Crippen MR) is 130 cm³/mol. The fraction of sp³-hybridized carbons (Fsp3) is 0.174. The van der Waals surface area contributed by atoms with Crippen LogP contribution in [0.15, 0.2) is 67.0 Å². The summed E-state index contributed by atoms with van der Waals surface area (Å²) in [5.41, 5.74) is 5.94. The van der Waals surface area contributed by atoms with Crippen molar-refractivity contribution in [1.82, 2.24) is 19.6 Å². The maximum absolute atomic E-state index is 6.06. The summed E-state index contributed by atoms with van der Waals surface area (Å²) in [5, 5.41) is 16.7. The number of thiocarbonyl (C=S) groups is 1. The Bertz CT molecular complexity index is 1200. The summed E-state index contributed by atoms with van der Waals surface area (Å²) in [4.78, 5) is 0. The maximum Gasteiger partial charge on any atom is 0.175 e. The van der Waals surface area contributed by atoms with Crippen LogP contribution in [0.2, 0.25) is 5.02 Å². The number of anilines is 2. The van der Waals surface area contributed by atoms with Crippen molar-refractivity contribution >= 4 is 40.3 Å². The van der Waals surface area contributed by atoms with E-state index in [1.165, 1.54) is 5.56 Å². The number of aryl methyl sites for hydroxylation is 1. The van der Waals surface area contributed by atoms with Crippen molar-refractivity contribution in [2.45, 2.75) is 26.9 Å². The number of aromatic nitrogens is 4. The lowest BCUT2D eigenvalue weighted by Gasteiger charge is -2.10. The van der Waals surface area contributed by atoms with E-state index in [4.69, 9.17) is 23.8 Å². The largest absolute Gasteiger partial charge is 0.330 e. The van der Waals surface area contributed by atoms with Crippen molar-refractivity contribution in [3.05, 3.63) is 94.5 Å². The summed E-state index contributed by atoms with van der Waals surface area (Å²) in [7, 11) is 0. The topological polar surface area (TPSA) is 59.7 Å². The van der Waals surface area contributed by atoms with Crippen LogP contribution in [0.25, 0.3) is 0 Å². The van der Waals surface area contributed by atoms with E-state index in [9.17, 15) is 0 Å². The molecule has 0 unspecified atom stereocenters. The van der Waals surface area contributed by atoms with Gasteiger partial charge in [-0.1, -0.05) is 54.1 Å². The monoisotopic (exact) mass is 450 g/mol. The van der Waals surface area contributed by atoms with Gasteiger partial charge in [-0.3, -0.25) is 9.36 Å². The fourth-order valence-electron chi connectivity index (χ4n) is 3.40. The molecule has 0 spiro atoms. The van der Waals surface area contributed by atoms with E-state index in [2.05, 4.69) is 33.0 Å². The normalized spacial score (nSPS) is 10.8. The number of benzene rings is 2. The first-order valence-electron chi connectivity index (χ1n) is 9.91. The highest BCUT2D eigenvalue weighted by Gasteiger charge is 2.13. The van der Waals surface area contributed by atoms with Gasteiger partial charge in [-0.15, -0.1) is 0 Å². The number of halogens is 1. The molecule has 2 aromatic heterocycles. The molecule has 8 heteroatoms. The Morgan fingerprint density at radius 2 is 1.77 bits per heavy atom. The number of hydrogen-bond donors (Lipinski definition) is 2. The molecule has 0 amide bonds. The molecular formula is C23H23ClN6S. The minimum absolute atomic E-state index is 0.493. The molecule has 0 aliphatic rings. The van der Waals surface area contributed by atoms with Gasteiger partial charge in [0, 0.05) is 11.2 Å². The molecule has 0 saturated heterocycles. The van der Waals surface area contributed by atoms with Gasteiger partial charge >= 0.3 is 0 Å². The Morgan fingerprint density at radius 3 is 2.55 bits per heavy atom. The van der Waals surface area contributed by atoms with Crippen molar-refractivity contribution in [3.8, 4) is 0 Å². The second kappa shape index (κ2) is 9.32. The third kappa shape index (κ3) is 5.31. The fourth-order valence-corrected chi connectivity index (χ4v) is 3.83. The van der Waals surface area contributed by atoms with Crippen molar-refractivity contribution in [2.75, 3.05) is 10.6 Å². The Hall–Kier alpha value is -3.16. The van der Waals surface area contributed by atoms with Gasteiger partial charge < -0.3 is 10.6 Å². The summed E-state index contributed by atoms with van der Waals surface area (Å²) in [6.07, 6.45) is 3.66. The van der Waals surface area contributed by atoms with E-state index in [0.29, 0.717) is 23.2 Å². The molecule has 0 radical (unpaired) electrons. The summed E-state index contributed by atoms with van der Waals surface area (Å²) < 4.78 is 3.82. The maximum atomic E-state index is 6.06. The molecule has 2 heterocycles. The van der Waals surface area contributed by atoms with Gasteiger partial charge in [0.2, 0.25) is 0 Å². The van der Waals surface area contributed by atoms with Gasteiger partial charge in [0.05, 0.1) is 42.0 Å². The van der Waals surface area contributed by atoms with Gasteiger partial charge in [0.25, 0.3) is 0 Å². The van der Waals surface area contributed by atoms with Crippen molar-refractivity contribution in [2.24, 2.45) is 0 Å². The average Bonchev–Trinajstić information content (AvgIpc) is 3.28. The lowest BCUT2D eigenvalue weighted by Crippen LogP contribution is -2.19. The van der Waals surface area contributed by atoms with Crippen LogP contribution in [0.1, 0.15) is 22.5 Å². The highest BCUT2D eigenvalue weighted by atomic mass is 35.5. The molecular weight excluding hydrogens is 428 g/mol. The summed E-state index contributed by atoms with van der Waals surface area (Å²) >= 11 is 11.6. The minimum Gasteiger partial charge on any atom is -0.330 e. The molecule has 2 N–H and O–H groups in total. The van der Waals surface area contributed by atoms with Crippen LogP contribution in [0, 0.1) is 13.8 Å². The zero-order valence-electron chi connectivity index (χ0n) is 17.3. The average molecular weight is 451 g/mol. The van der Waals surface area contributed by atoms with Crippen LogP contribution in [0.3, 0.4) is 0 Å². The van der Waals surface area contributed by atoms with Crippen molar-refractivity contribution in [1.29, 1.82) is 0 Å². The minimum atomic E-state index is 0.493. The predicted octanol–water partition coefficient (Wildman–Crippen LogP) is 5.26. The Kier molecular flexibility index (Phi) is 6.34. The molecule has 0 bridgehead atoms. The van der Waals surface area contributed by atoms with E-state index in [-0.39, 0.29) is 0 Å². The standard InChI is InChI=1S/C23H23ClN6S/c1-16-22(17(2)30(28-16)14-18-7-4-3-5-8-18)27-23(31)26-21-12-25-29(15-21)13-19-9-6-10-20(24)11-19/h3-12,15H,13-14H2,1-2H3,(H2,26,27,31). The summed E-state index contributed by atoms with van der Waals surface area (Å²) in [6, 6.07) is 18.0. The molecule has 2 aromatic carbocycles. The number of nitrogens with one attached hydrogen (secondary N) is 2. The lowest BCUT2D eigenvalue weighted by atomic mass is 10.2. The molecule has 0 aliphatic carbocycles. The third-order valence-corrected chi connectivity index (χ3v) is 5.36. The Balaban J connectivity index is 1.39. The van der Waals surface area contributed by atoms with Crippen LogP contribution in [0.5, 0.6) is 0 Å². The van der Waals surface area contributed by atoms with Crippen LogP contribution in [-0.4, -0.2) is 24.7 Å². The van der Waals surface area contributed by atoms with Crippen molar-refractivity contribution < 1.29 is 0 Å². The van der Waals surface area contributed by atoms with E-state index in [1.54, 1.807) is 6.20 Å². The zero-order valence-corrected chi connectivity index (χ0v) is 18.9. The lowest BCUT2D eigenvalue weighted by molar-refractivity contribution is 0.659. The van der Waals surface area contributed by atoms with Crippen LogP contribution in [-0.2, 0) is 13.1 Å². The third-order valence-electron chi connectivity index (χ3n) is 4.92. The van der Waals surface area contributed by atoms with Gasteiger partial charge in [-0.05, 0) is 49.3 Å². The number of nitrogens with zero attached hydrogens (tertiary/aromatic N) is 4. The first-order chi connectivity index (χ1) is 15.0. The first-order valence-corrected chi connectivity index (χ1v) is 10.7. The quantitative estimate of drug-likeness (QED) is 0.392. The molecule has 0 atom stereocenters. The zero-order chi connectivity index (χ0) is 21.8. The number of rotatable bonds is 6. The van der Waals surface area contributed by atoms with E-state index in [1.807, 2.05) is 71.9 Å². The van der Waals surface area contributed by atoms with E-state index < -0.39 is 0 Å². The summed E-state index contributed by atoms with van der Waals surface area (Å²) in [6.45, 7) is 5.36. The second-order valence-corrected chi connectivity index (χ2v) is 8.17. The molecule has 4 rings (SSSR count). The molecule has 6 nitrogen and oxygen atoms in total. The molecule has 31 heavy (non-hydrogen) atoms. The SMILES string of the molecule is Cc1nn(Cc2ccccc2)c(C)c1NC(=S)Nc1cnn(Cc2cccc(Cl)c2)c1. The molecule has 4 aromatic rings. The van der Waals surface area contributed by atoms with Crippen LogP contribution < -0.4 is 10.6 Å².